The number of para-hydroxylation sites is 2. The summed E-state index contributed by atoms with van der Waals surface area (Å²) in [6, 6.07) is 21.6. The number of amides is 2. The molecule has 4 atom stereocenters. The Bertz CT molecular complexity index is 1740. The Morgan fingerprint density at radius 1 is 0.974 bits per heavy atom. The molecule has 196 valence electrons. The van der Waals surface area contributed by atoms with Gasteiger partial charge in [0.15, 0.2) is 0 Å². The summed E-state index contributed by atoms with van der Waals surface area (Å²) in [5, 5.41) is 4.25. The number of anilines is 1. The minimum absolute atomic E-state index is 0.188. The smallest absolute Gasteiger partial charge is 0.266 e. The highest BCUT2D eigenvalue weighted by atomic mass is 16.5. The minimum Gasteiger partial charge on any atom is -0.497 e. The number of carbonyl (C=O) groups is 2. The third-order valence-corrected chi connectivity index (χ3v) is 8.40. The van der Waals surface area contributed by atoms with Crippen LogP contribution < -0.4 is 20.5 Å². The Labute approximate surface area is 225 Å². The number of imide groups is 1. The van der Waals surface area contributed by atoms with Crippen LogP contribution in [0.1, 0.15) is 31.7 Å². The first kappa shape index (κ1) is 23.8. The van der Waals surface area contributed by atoms with Gasteiger partial charge in [0.1, 0.15) is 17.1 Å². The zero-order valence-corrected chi connectivity index (χ0v) is 21.9. The van der Waals surface area contributed by atoms with Gasteiger partial charge in [-0.25, -0.2) is 9.88 Å². The van der Waals surface area contributed by atoms with Crippen molar-refractivity contribution < 1.29 is 14.3 Å². The van der Waals surface area contributed by atoms with Gasteiger partial charge in [-0.15, -0.1) is 0 Å². The van der Waals surface area contributed by atoms with Gasteiger partial charge < -0.3 is 4.74 Å². The van der Waals surface area contributed by atoms with E-state index in [-0.39, 0.29) is 29.3 Å². The zero-order valence-electron chi connectivity index (χ0n) is 21.9. The van der Waals surface area contributed by atoms with E-state index in [0.717, 1.165) is 5.56 Å². The second-order valence-electron chi connectivity index (χ2n) is 11.0. The van der Waals surface area contributed by atoms with Gasteiger partial charge in [0.2, 0.25) is 11.8 Å². The van der Waals surface area contributed by atoms with Crippen LogP contribution in [0.3, 0.4) is 0 Å². The molecule has 0 saturated carbocycles. The first-order valence-electron chi connectivity index (χ1n) is 13.3. The molecule has 2 amide bonds. The van der Waals surface area contributed by atoms with Crippen LogP contribution in [0.25, 0.3) is 16.6 Å². The standard InChI is InChI=1S/C31H28N4O4/c1-17(2)15-23-25-26(29(38)34(28(25)37)18-9-8-10-19(16-18)39-3)31(33-23)21-12-5-7-14-24(21)35-27(36)20-11-4-6-13-22(20)32-30(31)35/h4-14,16-17,23,25-26,33H,15H2,1-3H3/t23-,25-,26+,31+/m0/s1. The monoisotopic (exact) mass is 520 g/mol. The van der Waals surface area contributed by atoms with E-state index in [9.17, 15) is 14.4 Å². The Morgan fingerprint density at radius 2 is 1.74 bits per heavy atom. The summed E-state index contributed by atoms with van der Waals surface area (Å²) < 4.78 is 7.01. The van der Waals surface area contributed by atoms with Gasteiger partial charge in [-0.2, -0.15) is 0 Å². The van der Waals surface area contributed by atoms with Gasteiger partial charge in [-0.1, -0.05) is 50.2 Å². The summed E-state index contributed by atoms with van der Waals surface area (Å²) in [6.07, 6.45) is 0.688. The van der Waals surface area contributed by atoms with Crippen LogP contribution in [0.15, 0.2) is 77.6 Å². The quantitative estimate of drug-likeness (QED) is 0.412. The third-order valence-electron chi connectivity index (χ3n) is 8.40. The number of methoxy groups -OCH3 is 1. The van der Waals surface area contributed by atoms with Crippen molar-refractivity contribution in [2.24, 2.45) is 17.8 Å². The predicted octanol–water partition coefficient (Wildman–Crippen LogP) is 3.78. The second-order valence-corrected chi connectivity index (χ2v) is 11.0. The topological polar surface area (TPSA) is 93.5 Å². The fraction of sp³-hybridized carbons (Fsp3) is 0.290. The molecule has 4 aromatic rings. The molecule has 1 spiro atoms. The Kier molecular flexibility index (Phi) is 5.09. The molecule has 3 aliphatic rings. The molecule has 8 nitrogen and oxygen atoms in total. The highest BCUT2D eigenvalue weighted by Crippen LogP contribution is 2.56. The molecule has 2 saturated heterocycles. The fourth-order valence-electron chi connectivity index (χ4n) is 6.93. The van der Waals surface area contributed by atoms with Crippen LogP contribution in [0.2, 0.25) is 0 Å². The lowest BCUT2D eigenvalue weighted by Crippen LogP contribution is -2.50. The van der Waals surface area contributed by atoms with Gasteiger partial charge in [-0.05, 0) is 42.7 Å². The van der Waals surface area contributed by atoms with Crippen LogP contribution in [0.5, 0.6) is 5.75 Å². The van der Waals surface area contributed by atoms with Crippen molar-refractivity contribution in [3.63, 3.8) is 0 Å². The predicted molar refractivity (Wildman–Crippen MR) is 147 cm³/mol. The molecule has 0 radical (unpaired) electrons. The van der Waals surface area contributed by atoms with Gasteiger partial charge >= 0.3 is 0 Å². The molecular formula is C31H28N4O4. The number of nitrogens with one attached hydrogen (secondary N) is 1. The highest BCUT2D eigenvalue weighted by Gasteiger charge is 2.69. The Hall–Kier alpha value is -4.30. The van der Waals surface area contributed by atoms with E-state index in [2.05, 4.69) is 19.2 Å². The lowest BCUT2D eigenvalue weighted by Gasteiger charge is -2.32. The van der Waals surface area contributed by atoms with Crippen molar-refractivity contribution in [2.75, 3.05) is 12.0 Å². The van der Waals surface area contributed by atoms with Crippen LogP contribution in [0, 0.1) is 17.8 Å². The summed E-state index contributed by atoms with van der Waals surface area (Å²) in [5.41, 5.74) is 1.20. The average molecular weight is 521 g/mol. The number of carbonyl (C=O) groups excluding carboxylic acids is 2. The molecule has 39 heavy (non-hydrogen) atoms. The molecule has 3 aromatic carbocycles. The van der Waals surface area contributed by atoms with E-state index >= 15 is 0 Å². The van der Waals surface area contributed by atoms with E-state index in [0.29, 0.717) is 40.3 Å². The summed E-state index contributed by atoms with van der Waals surface area (Å²) in [7, 11) is 1.55. The van der Waals surface area contributed by atoms with E-state index in [1.807, 2.05) is 42.5 Å². The number of nitrogens with zero attached hydrogens (tertiary/aromatic N) is 3. The maximum absolute atomic E-state index is 14.5. The molecule has 7 rings (SSSR count). The molecule has 1 N–H and O–H groups in total. The molecule has 0 unspecified atom stereocenters. The van der Waals surface area contributed by atoms with Crippen molar-refractivity contribution in [1.29, 1.82) is 0 Å². The van der Waals surface area contributed by atoms with Crippen LogP contribution in [0.4, 0.5) is 5.69 Å². The number of aromatic nitrogens is 2. The lowest BCUT2D eigenvalue weighted by molar-refractivity contribution is -0.123. The van der Waals surface area contributed by atoms with Crippen LogP contribution in [-0.2, 0) is 15.1 Å². The molecule has 4 heterocycles. The van der Waals surface area contributed by atoms with Gasteiger partial charge in [0, 0.05) is 17.7 Å². The highest BCUT2D eigenvalue weighted by molar-refractivity contribution is 6.23. The van der Waals surface area contributed by atoms with Crippen molar-refractivity contribution in [3.8, 4) is 11.4 Å². The lowest BCUT2D eigenvalue weighted by atomic mass is 9.75. The van der Waals surface area contributed by atoms with Crippen molar-refractivity contribution in [3.05, 3.63) is 94.5 Å². The molecule has 0 bridgehead atoms. The van der Waals surface area contributed by atoms with Crippen molar-refractivity contribution in [1.82, 2.24) is 14.9 Å². The molecule has 0 aliphatic carbocycles. The number of rotatable bonds is 4. The van der Waals surface area contributed by atoms with Crippen LogP contribution >= 0.6 is 0 Å². The SMILES string of the molecule is COc1cccc(N2C(=O)[C@H]3[C@H](CC(C)C)N[C@]4(c5ccccc5-n5c4nc4ccccc4c5=O)[C@H]3C2=O)c1. The number of ether oxygens (including phenoxy) is 1. The first-order chi connectivity index (χ1) is 18.9. The molecule has 8 heteroatoms. The maximum atomic E-state index is 14.5. The third kappa shape index (κ3) is 3.09. The van der Waals surface area contributed by atoms with Gasteiger partial charge in [0.05, 0.1) is 41.2 Å². The van der Waals surface area contributed by atoms with E-state index in [1.54, 1.807) is 42.0 Å². The summed E-state index contributed by atoms with van der Waals surface area (Å²) in [5.74, 6) is -0.641. The largest absolute Gasteiger partial charge is 0.497 e. The molecular weight excluding hydrogens is 492 g/mol. The average Bonchev–Trinajstić information content (AvgIpc) is 3.51. The second kappa shape index (κ2) is 8.35. The molecule has 2 fully saturated rings. The van der Waals surface area contributed by atoms with Crippen molar-refractivity contribution >= 4 is 28.4 Å². The van der Waals surface area contributed by atoms with Crippen molar-refractivity contribution in [2.45, 2.75) is 31.8 Å². The molecule has 1 aromatic heterocycles. The zero-order chi connectivity index (χ0) is 27.1. The Morgan fingerprint density at radius 3 is 2.54 bits per heavy atom. The molecule has 3 aliphatic heterocycles. The van der Waals surface area contributed by atoms with Gasteiger partial charge in [-0.3, -0.25) is 24.3 Å². The van der Waals surface area contributed by atoms with E-state index in [1.165, 1.54) is 4.90 Å². The maximum Gasteiger partial charge on any atom is 0.266 e. The minimum atomic E-state index is -1.13. The summed E-state index contributed by atoms with van der Waals surface area (Å²) >= 11 is 0. The Balaban J connectivity index is 1.51. The number of benzene rings is 3. The summed E-state index contributed by atoms with van der Waals surface area (Å²) in [4.78, 5) is 48.9. The summed E-state index contributed by atoms with van der Waals surface area (Å²) in [6.45, 7) is 4.21. The number of fused-ring (bicyclic) bond motifs is 8. The van der Waals surface area contributed by atoms with Crippen LogP contribution in [-0.4, -0.2) is 34.5 Å². The fourth-order valence-corrected chi connectivity index (χ4v) is 6.93. The number of hydrogen-bond acceptors (Lipinski definition) is 6. The van der Waals surface area contributed by atoms with E-state index < -0.39 is 17.4 Å². The number of hydrogen-bond donors (Lipinski definition) is 1. The van der Waals surface area contributed by atoms with Gasteiger partial charge in [0.25, 0.3) is 5.56 Å². The normalized spacial score (nSPS) is 25.0. The first-order valence-corrected chi connectivity index (χ1v) is 13.3. The van der Waals surface area contributed by atoms with E-state index in [4.69, 9.17) is 9.72 Å².